The number of nitriles is 1. The van der Waals surface area contributed by atoms with Gasteiger partial charge in [0.05, 0.1) is 24.7 Å². The molecule has 7 nitrogen and oxygen atoms in total. The van der Waals surface area contributed by atoms with Crippen LogP contribution in [0.2, 0.25) is 0 Å². The van der Waals surface area contributed by atoms with Crippen LogP contribution in [0.15, 0.2) is 0 Å². The van der Waals surface area contributed by atoms with Gasteiger partial charge in [0.1, 0.15) is 5.01 Å². The Balaban J connectivity index is 1.88. The Bertz CT molecular complexity index is 758. The second kappa shape index (κ2) is 9.28. The Morgan fingerprint density at radius 3 is 2.84 bits per heavy atom. The number of aromatic nitrogens is 4. The summed E-state index contributed by atoms with van der Waals surface area (Å²) in [5.74, 6) is -0.0678. The van der Waals surface area contributed by atoms with Crippen LogP contribution in [-0.4, -0.2) is 25.9 Å². The molecule has 0 unspecified atom stereocenters. The average Bonchev–Trinajstić information content (AvgIpc) is 3.14. The number of unbranched alkanes of at least 4 members (excludes halogenated alkanes) is 1. The zero-order valence-electron chi connectivity index (χ0n) is 15.0. The fourth-order valence-electron chi connectivity index (χ4n) is 2.62. The van der Waals surface area contributed by atoms with E-state index in [0.717, 1.165) is 41.2 Å². The van der Waals surface area contributed by atoms with E-state index < -0.39 is 0 Å². The van der Waals surface area contributed by atoms with Crippen LogP contribution in [0.25, 0.3) is 0 Å². The lowest BCUT2D eigenvalue weighted by Gasteiger charge is -2.04. The SMILES string of the molecule is CCCCc1nnc(NC(=O)CCc2c(C)nn(CCC#N)c2C)s1. The highest BCUT2D eigenvalue weighted by Crippen LogP contribution is 2.19. The highest BCUT2D eigenvalue weighted by molar-refractivity contribution is 7.15. The molecule has 8 heteroatoms. The smallest absolute Gasteiger partial charge is 0.226 e. The van der Waals surface area contributed by atoms with Gasteiger partial charge in [-0.05, 0) is 32.3 Å². The lowest BCUT2D eigenvalue weighted by Crippen LogP contribution is -2.12. The van der Waals surface area contributed by atoms with Crippen molar-refractivity contribution >= 4 is 22.4 Å². The summed E-state index contributed by atoms with van der Waals surface area (Å²) >= 11 is 1.44. The van der Waals surface area contributed by atoms with Crippen molar-refractivity contribution in [3.8, 4) is 6.07 Å². The number of nitrogens with zero attached hydrogens (tertiary/aromatic N) is 5. The molecule has 0 saturated heterocycles. The van der Waals surface area contributed by atoms with Gasteiger partial charge in [0, 0.05) is 18.5 Å². The lowest BCUT2D eigenvalue weighted by molar-refractivity contribution is -0.116. The number of amides is 1. The first kappa shape index (κ1) is 19.1. The summed E-state index contributed by atoms with van der Waals surface area (Å²) in [4.78, 5) is 12.2. The van der Waals surface area contributed by atoms with E-state index in [2.05, 4.69) is 33.6 Å². The molecule has 0 spiro atoms. The molecule has 0 radical (unpaired) electrons. The maximum atomic E-state index is 12.2. The molecular formula is C17H24N6OS. The van der Waals surface area contributed by atoms with Crippen molar-refractivity contribution in [2.24, 2.45) is 0 Å². The maximum Gasteiger partial charge on any atom is 0.226 e. The van der Waals surface area contributed by atoms with Crippen LogP contribution >= 0.6 is 11.3 Å². The van der Waals surface area contributed by atoms with Crippen LogP contribution in [0, 0.1) is 25.2 Å². The van der Waals surface area contributed by atoms with E-state index in [1.165, 1.54) is 11.3 Å². The minimum absolute atomic E-state index is 0.0678. The van der Waals surface area contributed by atoms with Gasteiger partial charge in [-0.3, -0.25) is 9.48 Å². The van der Waals surface area contributed by atoms with Gasteiger partial charge in [-0.15, -0.1) is 10.2 Å². The van der Waals surface area contributed by atoms with Gasteiger partial charge in [-0.2, -0.15) is 10.4 Å². The van der Waals surface area contributed by atoms with E-state index in [-0.39, 0.29) is 5.91 Å². The zero-order chi connectivity index (χ0) is 18.2. The molecule has 134 valence electrons. The number of hydrogen-bond donors (Lipinski definition) is 1. The van der Waals surface area contributed by atoms with Gasteiger partial charge < -0.3 is 5.32 Å². The summed E-state index contributed by atoms with van der Waals surface area (Å²) < 4.78 is 1.84. The van der Waals surface area contributed by atoms with Gasteiger partial charge in [-0.25, -0.2) is 0 Å². The molecule has 25 heavy (non-hydrogen) atoms. The van der Waals surface area contributed by atoms with Crippen LogP contribution in [-0.2, 0) is 24.2 Å². The summed E-state index contributed by atoms with van der Waals surface area (Å²) in [7, 11) is 0. The van der Waals surface area contributed by atoms with Crippen molar-refractivity contribution < 1.29 is 4.79 Å². The van der Waals surface area contributed by atoms with E-state index in [1.54, 1.807) is 0 Å². The van der Waals surface area contributed by atoms with Gasteiger partial charge in [0.2, 0.25) is 11.0 Å². The molecule has 0 aliphatic carbocycles. The largest absolute Gasteiger partial charge is 0.301 e. The first-order chi connectivity index (χ1) is 12.0. The quantitative estimate of drug-likeness (QED) is 0.741. The van der Waals surface area contributed by atoms with Crippen molar-refractivity contribution in [1.29, 1.82) is 5.26 Å². The summed E-state index contributed by atoms with van der Waals surface area (Å²) in [5.41, 5.74) is 3.02. The van der Waals surface area contributed by atoms with Crippen molar-refractivity contribution in [1.82, 2.24) is 20.0 Å². The average molecular weight is 360 g/mol. The Hall–Kier alpha value is -2.27. The van der Waals surface area contributed by atoms with Crippen molar-refractivity contribution in [3.63, 3.8) is 0 Å². The van der Waals surface area contributed by atoms with Crippen LogP contribution in [0.1, 0.15) is 54.6 Å². The normalized spacial score (nSPS) is 10.6. The fraction of sp³-hybridized carbons (Fsp3) is 0.588. The fourth-order valence-corrected chi connectivity index (χ4v) is 3.42. The van der Waals surface area contributed by atoms with Crippen LogP contribution in [0.5, 0.6) is 0 Å². The molecule has 0 aliphatic heterocycles. The van der Waals surface area contributed by atoms with Crippen molar-refractivity contribution in [2.45, 2.75) is 65.8 Å². The molecular weight excluding hydrogens is 336 g/mol. The van der Waals surface area contributed by atoms with E-state index in [9.17, 15) is 4.79 Å². The van der Waals surface area contributed by atoms with E-state index in [1.807, 2.05) is 18.5 Å². The third-order valence-corrected chi connectivity index (χ3v) is 4.92. The topological polar surface area (TPSA) is 96.5 Å². The van der Waals surface area contributed by atoms with Crippen molar-refractivity contribution in [2.75, 3.05) is 5.32 Å². The second-order valence-electron chi connectivity index (χ2n) is 5.93. The number of carbonyl (C=O) groups is 1. The molecule has 2 rings (SSSR count). The van der Waals surface area contributed by atoms with Crippen LogP contribution in [0.3, 0.4) is 0 Å². The Morgan fingerprint density at radius 2 is 2.12 bits per heavy atom. The van der Waals surface area contributed by atoms with Gasteiger partial charge in [0.15, 0.2) is 0 Å². The third-order valence-electron chi connectivity index (χ3n) is 4.03. The molecule has 0 fully saturated rings. The van der Waals surface area contributed by atoms with Crippen LogP contribution < -0.4 is 5.32 Å². The standard InChI is InChI=1S/C17H24N6OS/c1-4-5-7-16-20-21-17(25-16)19-15(24)9-8-14-12(2)22-23(13(14)3)11-6-10-18/h4-9,11H2,1-3H3,(H,19,21,24). The highest BCUT2D eigenvalue weighted by Gasteiger charge is 2.14. The molecule has 0 aromatic carbocycles. The second-order valence-corrected chi connectivity index (χ2v) is 7.00. The maximum absolute atomic E-state index is 12.2. The Morgan fingerprint density at radius 1 is 1.32 bits per heavy atom. The Kier molecular flexibility index (Phi) is 7.07. The molecule has 0 aliphatic rings. The number of rotatable bonds is 9. The first-order valence-corrected chi connectivity index (χ1v) is 9.38. The van der Waals surface area contributed by atoms with E-state index >= 15 is 0 Å². The molecule has 0 saturated carbocycles. The predicted molar refractivity (Wildman–Crippen MR) is 97.4 cm³/mol. The minimum Gasteiger partial charge on any atom is -0.301 e. The van der Waals surface area contributed by atoms with E-state index in [4.69, 9.17) is 5.26 Å². The van der Waals surface area contributed by atoms with E-state index in [0.29, 0.717) is 30.9 Å². The number of hydrogen-bond acceptors (Lipinski definition) is 6. The predicted octanol–water partition coefficient (Wildman–Crippen LogP) is 3.18. The molecule has 1 N–H and O–H groups in total. The molecule has 2 aromatic heterocycles. The van der Waals surface area contributed by atoms with Crippen molar-refractivity contribution in [3.05, 3.63) is 22.0 Å². The summed E-state index contributed by atoms with van der Waals surface area (Å²) in [6, 6.07) is 2.13. The Labute approximate surface area is 152 Å². The highest BCUT2D eigenvalue weighted by atomic mass is 32.1. The van der Waals surface area contributed by atoms with Gasteiger partial charge >= 0.3 is 0 Å². The molecule has 0 atom stereocenters. The minimum atomic E-state index is -0.0678. The van der Waals surface area contributed by atoms with Gasteiger partial charge in [-0.1, -0.05) is 24.7 Å². The van der Waals surface area contributed by atoms with Crippen LogP contribution in [0.4, 0.5) is 5.13 Å². The molecule has 2 heterocycles. The summed E-state index contributed by atoms with van der Waals surface area (Å²) in [5, 5.41) is 25.6. The summed E-state index contributed by atoms with van der Waals surface area (Å²) in [6.07, 6.45) is 4.52. The number of nitrogens with one attached hydrogen (secondary N) is 1. The third kappa shape index (κ3) is 5.36. The summed E-state index contributed by atoms with van der Waals surface area (Å²) in [6.45, 7) is 6.64. The first-order valence-electron chi connectivity index (χ1n) is 8.57. The number of aryl methyl sites for hydroxylation is 3. The zero-order valence-corrected chi connectivity index (χ0v) is 15.8. The molecule has 0 bridgehead atoms. The number of anilines is 1. The molecule has 2 aromatic rings. The van der Waals surface area contributed by atoms with Gasteiger partial charge in [0.25, 0.3) is 0 Å². The monoisotopic (exact) mass is 360 g/mol. The lowest BCUT2D eigenvalue weighted by atomic mass is 10.1. The number of carbonyl (C=O) groups excluding carboxylic acids is 1. The molecule has 1 amide bonds.